The van der Waals surface area contributed by atoms with Gasteiger partial charge < -0.3 is 10.2 Å². The minimum atomic E-state index is 0.754. The molecule has 0 bridgehead atoms. The molecule has 0 spiro atoms. The fraction of sp³-hybridized carbons (Fsp3) is 0.714. The Hall–Kier alpha value is -1.16. The van der Waals surface area contributed by atoms with Gasteiger partial charge in [-0.2, -0.15) is 5.10 Å². The van der Waals surface area contributed by atoms with Crippen LogP contribution in [0.2, 0.25) is 0 Å². The van der Waals surface area contributed by atoms with Gasteiger partial charge in [-0.05, 0) is 29.9 Å². The van der Waals surface area contributed by atoms with Gasteiger partial charge in [0.2, 0.25) is 0 Å². The van der Waals surface area contributed by atoms with Crippen molar-refractivity contribution < 1.29 is 0 Å². The van der Waals surface area contributed by atoms with Crippen molar-refractivity contribution in [3.63, 3.8) is 0 Å². The smallest absolute Gasteiger partial charge is 0.151 e. The van der Waals surface area contributed by atoms with E-state index in [0.29, 0.717) is 0 Å². The lowest BCUT2D eigenvalue weighted by Gasteiger charge is -2.35. The topological polar surface area (TPSA) is 41.1 Å². The SMILES string of the molecule is C[C@@H]1C[C@@H](C)CN(c2cc3c(nn2)CCNC3)C1. The zero-order valence-corrected chi connectivity index (χ0v) is 11.3. The molecule has 1 aromatic heterocycles. The molecule has 0 amide bonds. The zero-order valence-electron chi connectivity index (χ0n) is 11.3. The predicted octanol–water partition coefficient (Wildman–Crippen LogP) is 1.60. The molecule has 2 atom stereocenters. The molecule has 3 rings (SSSR count). The lowest BCUT2D eigenvalue weighted by Crippen LogP contribution is -2.39. The molecule has 4 nitrogen and oxygen atoms in total. The molecule has 1 aromatic rings. The van der Waals surface area contributed by atoms with Crippen LogP contribution in [0.25, 0.3) is 0 Å². The van der Waals surface area contributed by atoms with Gasteiger partial charge in [0.1, 0.15) is 0 Å². The lowest BCUT2D eigenvalue weighted by molar-refractivity contribution is 0.354. The summed E-state index contributed by atoms with van der Waals surface area (Å²) in [6.45, 7) is 8.86. The van der Waals surface area contributed by atoms with Gasteiger partial charge in [-0.15, -0.1) is 5.10 Å². The van der Waals surface area contributed by atoms with Crippen molar-refractivity contribution in [2.45, 2.75) is 33.2 Å². The first kappa shape index (κ1) is 11.9. The van der Waals surface area contributed by atoms with Gasteiger partial charge in [-0.25, -0.2) is 0 Å². The normalized spacial score (nSPS) is 28.0. The van der Waals surface area contributed by atoms with E-state index in [1.807, 2.05) is 0 Å². The number of anilines is 1. The first-order valence-electron chi connectivity index (χ1n) is 7.03. The molecule has 4 heteroatoms. The van der Waals surface area contributed by atoms with Crippen LogP contribution in [-0.2, 0) is 13.0 Å². The quantitative estimate of drug-likeness (QED) is 0.817. The molecule has 0 aromatic carbocycles. The van der Waals surface area contributed by atoms with Crippen molar-refractivity contribution >= 4 is 5.82 Å². The van der Waals surface area contributed by atoms with Crippen LogP contribution in [-0.4, -0.2) is 29.8 Å². The van der Waals surface area contributed by atoms with Gasteiger partial charge in [0.05, 0.1) is 5.69 Å². The Kier molecular flexibility index (Phi) is 3.20. The van der Waals surface area contributed by atoms with Crippen LogP contribution in [0.3, 0.4) is 0 Å². The monoisotopic (exact) mass is 246 g/mol. The van der Waals surface area contributed by atoms with Gasteiger partial charge in [-0.3, -0.25) is 0 Å². The molecule has 0 saturated carbocycles. The summed E-state index contributed by atoms with van der Waals surface area (Å²) in [5.74, 6) is 2.57. The summed E-state index contributed by atoms with van der Waals surface area (Å²) in [5, 5.41) is 12.2. The predicted molar refractivity (Wildman–Crippen MR) is 72.6 cm³/mol. The van der Waals surface area contributed by atoms with Crippen LogP contribution >= 0.6 is 0 Å². The van der Waals surface area contributed by atoms with Crippen molar-refractivity contribution in [3.05, 3.63) is 17.3 Å². The summed E-state index contributed by atoms with van der Waals surface area (Å²) in [6, 6.07) is 2.24. The van der Waals surface area contributed by atoms with Crippen molar-refractivity contribution in [1.82, 2.24) is 15.5 Å². The lowest BCUT2D eigenvalue weighted by atomic mass is 9.92. The summed E-state index contributed by atoms with van der Waals surface area (Å²) in [4.78, 5) is 2.40. The summed E-state index contributed by atoms with van der Waals surface area (Å²) < 4.78 is 0. The zero-order chi connectivity index (χ0) is 12.5. The molecule has 18 heavy (non-hydrogen) atoms. The highest BCUT2D eigenvalue weighted by Gasteiger charge is 2.24. The summed E-state index contributed by atoms with van der Waals surface area (Å²) in [6.07, 6.45) is 2.34. The van der Waals surface area contributed by atoms with Crippen LogP contribution in [0.4, 0.5) is 5.82 Å². The van der Waals surface area contributed by atoms with Crippen LogP contribution in [0.15, 0.2) is 6.07 Å². The molecule has 0 unspecified atom stereocenters. The standard InChI is InChI=1S/C14H22N4/c1-10-5-11(2)9-18(8-10)14-6-12-7-15-4-3-13(12)16-17-14/h6,10-11,15H,3-5,7-9H2,1-2H3/t10-,11-/m1/s1. The number of fused-ring (bicyclic) bond motifs is 1. The minimum absolute atomic E-state index is 0.754. The fourth-order valence-corrected chi connectivity index (χ4v) is 3.24. The van der Waals surface area contributed by atoms with Crippen molar-refractivity contribution in [3.8, 4) is 0 Å². The highest BCUT2D eigenvalue weighted by Crippen LogP contribution is 2.26. The Morgan fingerprint density at radius 2 is 2.00 bits per heavy atom. The highest BCUT2D eigenvalue weighted by molar-refractivity contribution is 5.42. The molecule has 3 heterocycles. The molecule has 1 saturated heterocycles. The van der Waals surface area contributed by atoms with E-state index in [0.717, 1.165) is 50.3 Å². The molecular formula is C14H22N4. The Morgan fingerprint density at radius 1 is 1.22 bits per heavy atom. The van der Waals surface area contributed by atoms with Crippen LogP contribution in [0.5, 0.6) is 0 Å². The van der Waals surface area contributed by atoms with E-state index in [9.17, 15) is 0 Å². The van der Waals surface area contributed by atoms with E-state index in [1.165, 1.54) is 17.7 Å². The second kappa shape index (κ2) is 4.84. The number of hydrogen-bond acceptors (Lipinski definition) is 4. The number of nitrogens with zero attached hydrogens (tertiary/aromatic N) is 3. The summed E-state index contributed by atoms with van der Waals surface area (Å²) in [5.41, 5.74) is 2.51. The van der Waals surface area contributed by atoms with Gasteiger partial charge in [0, 0.05) is 32.6 Å². The third kappa shape index (κ3) is 2.34. The number of rotatable bonds is 1. The van der Waals surface area contributed by atoms with E-state index in [4.69, 9.17) is 0 Å². The van der Waals surface area contributed by atoms with Crippen LogP contribution in [0.1, 0.15) is 31.5 Å². The first-order chi connectivity index (χ1) is 8.72. The number of hydrogen-bond donors (Lipinski definition) is 1. The minimum Gasteiger partial charge on any atom is -0.355 e. The maximum absolute atomic E-state index is 4.43. The van der Waals surface area contributed by atoms with E-state index >= 15 is 0 Å². The van der Waals surface area contributed by atoms with E-state index in [1.54, 1.807) is 0 Å². The Bertz CT molecular complexity index is 422. The Balaban J connectivity index is 1.83. The second-order valence-corrected chi connectivity index (χ2v) is 5.95. The summed E-state index contributed by atoms with van der Waals surface area (Å²) in [7, 11) is 0. The number of piperidine rings is 1. The van der Waals surface area contributed by atoms with E-state index in [2.05, 4.69) is 40.3 Å². The molecule has 2 aliphatic rings. The Morgan fingerprint density at radius 3 is 2.78 bits per heavy atom. The molecular weight excluding hydrogens is 224 g/mol. The molecule has 98 valence electrons. The van der Waals surface area contributed by atoms with Crippen LogP contribution < -0.4 is 10.2 Å². The van der Waals surface area contributed by atoms with Crippen LogP contribution in [0, 0.1) is 11.8 Å². The number of aromatic nitrogens is 2. The van der Waals surface area contributed by atoms with E-state index in [-0.39, 0.29) is 0 Å². The molecule has 0 radical (unpaired) electrons. The average molecular weight is 246 g/mol. The average Bonchev–Trinajstić information content (AvgIpc) is 2.37. The highest BCUT2D eigenvalue weighted by atomic mass is 15.3. The van der Waals surface area contributed by atoms with Gasteiger partial charge in [-0.1, -0.05) is 13.8 Å². The molecule has 1 N–H and O–H groups in total. The van der Waals surface area contributed by atoms with Crippen molar-refractivity contribution in [2.24, 2.45) is 11.8 Å². The van der Waals surface area contributed by atoms with Crippen molar-refractivity contribution in [1.29, 1.82) is 0 Å². The first-order valence-corrected chi connectivity index (χ1v) is 7.03. The maximum Gasteiger partial charge on any atom is 0.151 e. The largest absolute Gasteiger partial charge is 0.355 e. The number of nitrogens with one attached hydrogen (secondary N) is 1. The Labute approximate surface area is 109 Å². The van der Waals surface area contributed by atoms with Gasteiger partial charge in [0.15, 0.2) is 5.82 Å². The third-order valence-electron chi connectivity index (χ3n) is 3.99. The molecule has 1 fully saturated rings. The van der Waals surface area contributed by atoms with E-state index < -0.39 is 0 Å². The van der Waals surface area contributed by atoms with Gasteiger partial charge >= 0.3 is 0 Å². The second-order valence-electron chi connectivity index (χ2n) is 5.95. The molecule has 2 aliphatic heterocycles. The molecule has 0 aliphatic carbocycles. The van der Waals surface area contributed by atoms with Gasteiger partial charge in [0.25, 0.3) is 0 Å². The fourth-order valence-electron chi connectivity index (χ4n) is 3.24. The van der Waals surface area contributed by atoms with Crippen molar-refractivity contribution in [2.75, 3.05) is 24.5 Å². The third-order valence-corrected chi connectivity index (χ3v) is 3.99. The summed E-state index contributed by atoms with van der Waals surface area (Å²) >= 11 is 0. The maximum atomic E-state index is 4.43.